The standard InChI is InChI=1S/C21H24N2O4/c1-26-19-11-17-9-10-23(14-18(17)12-20(19)27-2)13-16-5-3-15(4-6-16)7-8-21(24)22-25/h3-8,11-12,25H,9-10,13-14H2,1-2H3,(H,22,24)/b8-7+. The van der Waals surface area contributed by atoms with E-state index in [1.807, 2.05) is 12.1 Å². The van der Waals surface area contributed by atoms with Crippen LogP contribution in [0.2, 0.25) is 0 Å². The normalized spacial score (nSPS) is 14.0. The molecule has 2 N–H and O–H groups in total. The molecule has 0 aliphatic carbocycles. The van der Waals surface area contributed by atoms with Crippen LogP contribution in [0.3, 0.4) is 0 Å². The van der Waals surface area contributed by atoms with E-state index in [9.17, 15) is 4.79 Å². The van der Waals surface area contributed by atoms with Crippen molar-refractivity contribution >= 4 is 12.0 Å². The summed E-state index contributed by atoms with van der Waals surface area (Å²) in [6, 6.07) is 12.2. The van der Waals surface area contributed by atoms with Crippen LogP contribution in [0, 0.1) is 0 Å². The van der Waals surface area contributed by atoms with E-state index in [1.165, 1.54) is 22.8 Å². The molecule has 0 aromatic heterocycles. The Bertz CT molecular complexity index is 831. The minimum Gasteiger partial charge on any atom is -0.493 e. The van der Waals surface area contributed by atoms with Gasteiger partial charge in [-0.15, -0.1) is 0 Å². The summed E-state index contributed by atoms with van der Waals surface area (Å²) in [5.74, 6) is 1.00. The van der Waals surface area contributed by atoms with Gasteiger partial charge in [0.25, 0.3) is 5.91 Å². The Kier molecular flexibility index (Phi) is 6.11. The number of hydrogen-bond acceptors (Lipinski definition) is 5. The minimum absolute atomic E-state index is 0.543. The second kappa shape index (κ2) is 8.70. The van der Waals surface area contributed by atoms with E-state index in [-0.39, 0.29) is 0 Å². The van der Waals surface area contributed by atoms with Gasteiger partial charge in [0.2, 0.25) is 0 Å². The Morgan fingerprint density at radius 3 is 2.44 bits per heavy atom. The summed E-state index contributed by atoms with van der Waals surface area (Å²) < 4.78 is 10.8. The van der Waals surface area contributed by atoms with E-state index in [0.29, 0.717) is 0 Å². The maximum atomic E-state index is 11.0. The number of hydrogen-bond donors (Lipinski definition) is 2. The van der Waals surface area contributed by atoms with Crippen LogP contribution in [0.4, 0.5) is 0 Å². The van der Waals surface area contributed by atoms with Gasteiger partial charge in [-0.1, -0.05) is 24.3 Å². The molecule has 1 aliphatic rings. The summed E-state index contributed by atoms with van der Waals surface area (Å²) in [4.78, 5) is 13.4. The van der Waals surface area contributed by atoms with Gasteiger partial charge in [-0.05, 0) is 46.9 Å². The Morgan fingerprint density at radius 1 is 1.15 bits per heavy atom. The van der Waals surface area contributed by atoms with E-state index in [0.717, 1.165) is 43.1 Å². The summed E-state index contributed by atoms with van der Waals surface area (Å²) in [5, 5.41) is 8.50. The highest BCUT2D eigenvalue weighted by Crippen LogP contribution is 2.33. The quantitative estimate of drug-likeness (QED) is 0.466. The van der Waals surface area contributed by atoms with Crippen molar-refractivity contribution < 1.29 is 19.5 Å². The Morgan fingerprint density at radius 2 is 1.81 bits per heavy atom. The van der Waals surface area contributed by atoms with Crippen LogP contribution < -0.4 is 15.0 Å². The molecule has 2 aromatic carbocycles. The molecule has 6 heteroatoms. The van der Waals surface area contributed by atoms with Crippen molar-refractivity contribution in [3.8, 4) is 11.5 Å². The van der Waals surface area contributed by atoms with Gasteiger partial charge < -0.3 is 9.47 Å². The van der Waals surface area contributed by atoms with Crippen LogP contribution in [0.5, 0.6) is 11.5 Å². The lowest BCUT2D eigenvalue weighted by Gasteiger charge is -2.29. The summed E-state index contributed by atoms with van der Waals surface area (Å²) in [6.45, 7) is 2.71. The molecular weight excluding hydrogens is 344 g/mol. The molecule has 0 radical (unpaired) electrons. The number of amides is 1. The van der Waals surface area contributed by atoms with E-state index in [2.05, 4.69) is 29.2 Å². The van der Waals surface area contributed by atoms with Gasteiger partial charge in [0, 0.05) is 25.7 Å². The van der Waals surface area contributed by atoms with Crippen molar-refractivity contribution in [2.24, 2.45) is 0 Å². The van der Waals surface area contributed by atoms with E-state index in [1.54, 1.807) is 25.8 Å². The number of methoxy groups -OCH3 is 2. The van der Waals surface area contributed by atoms with Crippen molar-refractivity contribution in [3.05, 3.63) is 64.7 Å². The van der Waals surface area contributed by atoms with E-state index < -0.39 is 5.91 Å². The van der Waals surface area contributed by atoms with E-state index >= 15 is 0 Å². The number of hydroxylamine groups is 1. The number of nitrogens with zero attached hydrogens (tertiary/aromatic N) is 1. The number of rotatable bonds is 6. The van der Waals surface area contributed by atoms with Gasteiger partial charge in [-0.25, -0.2) is 5.48 Å². The lowest BCUT2D eigenvalue weighted by atomic mass is 9.98. The zero-order valence-corrected chi connectivity index (χ0v) is 15.6. The maximum absolute atomic E-state index is 11.0. The van der Waals surface area contributed by atoms with E-state index in [4.69, 9.17) is 14.7 Å². The number of nitrogens with one attached hydrogen (secondary N) is 1. The molecule has 0 saturated carbocycles. The molecule has 2 aromatic rings. The van der Waals surface area contributed by atoms with Crippen molar-refractivity contribution in [1.29, 1.82) is 0 Å². The Hall–Kier alpha value is -2.83. The van der Waals surface area contributed by atoms with Crippen molar-refractivity contribution in [2.45, 2.75) is 19.5 Å². The molecule has 0 fully saturated rings. The van der Waals surface area contributed by atoms with Crippen LogP contribution in [-0.4, -0.2) is 36.8 Å². The molecule has 0 bridgehead atoms. The third-order valence-corrected chi connectivity index (χ3v) is 4.72. The van der Waals surface area contributed by atoms with Crippen LogP contribution >= 0.6 is 0 Å². The summed E-state index contributed by atoms with van der Waals surface area (Å²) >= 11 is 0. The van der Waals surface area contributed by atoms with Gasteiger partial charge in [0.15, 0.2) is 11.5 Å². The SMILES string of the molecule is COc1cc2c(cc1OC)CN(Cc1ccc(/C=C/C(=O)NO)cc1)CC2. The molecule has 3 rings (SSSR count). The molecule has 0 atom stereocenters. The van der Waals surface area contributed by atoms with Gasteiger partial charge in [0.1, 0.15) is 0 Å². The number of fused-ring (bicyclic) bond motifs is 1. The molecule has 0 saturated heterocycles. The maximum Gasteiger partial charge on any atom is 0.267 e. The highest BCUT2D eigenvalue weighted by atomic mass is 16.5. The third-order valence-electron chi connectivity index (χ3n) is 4.72. The first-order chi connectivity index (χ1) is 13.1. The average molecular weight is 368 g/mol. The predicted octanol–water partition coefficient (Wildman–Crippen LogP) is 2.78. The topological polar surface area (TPSA) is 71.0 Å². The zero-order valence-electron chi connectivity index (χ0n) is 15.6. The largest absolute Gasteiger partial charge is 0.493 e. The van der Waals surface area contributed by atoms with Gasteiger partial charge in [-0.3, -0.25) is 14.9 Å². The average Bonchev–Trinajstić information content (AvgIpc) is 2.71. The summed E-state index contributed by atoms with van der Waals surface area (Å²) in [5.41, 5.74) is 6.27. The van der Waals surface area contributed by atoms with Crippen LogP contribution in [0.1, 0.15) is 22.3 Å². The molecule has 1 aliphatic heterocycles. The summed E-state index contributed by atoms with van der Waals surface area (Å²) in [7, 11) is 3.32. The molecule has 6 nitrogen and oxygen atoms in total. The minimum atomic E-state index is -0.543. The monoisotopic (exact) mass is 368 g/mol. The lowest BCUT2D eigenvalue weighted by Crippen LogP contribution is -2.30. The predicted molar refractivity (Wildman–Crippen MR) is 103 cm³/mol. The number of ether oxygens (including phenoxy) is 2. The number of carbonyl (C=O) groups is 1. The number of carbonyl (C=O) groups excluding carboxylic acids is 1. The number of benzene rings is 2. The van der Waals surface area contributed by atoms with Gasteiger partial charge in [-0.2, -0.15) is 0 Å². The lowest BCUT2D eigenvalue weighted by molar-refractivity contribution is -0.124. The van der Waals surface area contributed by atoms with Crippen molar-refractivity contribution in [3.63, 3.8) is 0 Å². The molecule has 27 heavy (non-hydrogen) atoms. The molecular formula is C21H24N2O4. The third kappa shape index (κ3) is 4.67. The van der Waals surface area contributed by atoms with Crippen molar-refractivity contribution in [1.82, 2.24) is 10.4 Å². The first-order valence-electron chi connectivity index (χ1n) is 8.80. The molecule has 0 spiro atoms. The fraction of sp³-hybridized carbons (Fsp3) is 0.286. The Labute approximate surface area is 159 Å². The van der Waals surface area contributed by atoms with Gasteiger partial charge in [0.05, 0.1) is 14.2 Å². The molecule has 1 amide bonds. The smallest absolute Gasteiger partial charge is 0.267 e. The fourth-order valence-corrected chi connectivity index (χ4v) is 3.28. The fourth-order valence-electron chi connectivity index (χ4n) is 3.28. The zero-order chi connectivity index (χ0) is 19.2. The van der Waals surface area contributed by atoms with Crippen LogP contribution in [0.15, 0.2) is 42.5 Å². The molecule has 0 unspecified atom stereocenters. The van der Waals surface area contributed by atoms with Gasteiger partial charge >= 0.3 is 0 Å². The second-order valence-corrected chi connectivity index (χ2v) is 6.49. The summed E-state index contributed by atoms with van der Waals surface area (Å²) in [6.07, 6.45) is 3.93. The first-order valence-corrected chi connectivity index (χ1v) is 8.80. The van der Waals surface area contributed by atoms with Crippen LogP contribution in [0.25, 0.3) is 6.08 Å². The van der Waals surface area contributed by atoms with Crippen molar-refractivity contribution in [2.75, 3.05) is 20.8 Å². The highest BCUT2D eigenvalue weighted by molar-refractivity contribution is 5.90. The first kappa shape index (κ1) is 18.9. The highest BCUT2D eigenvalue weighted by Gasteiger charge is 2.19. The van der Waals surface area contributed by atoms with Crippen LogP contribution in [-0.2, 0) is 24.3 Å². The second-order valence-electron chi connectivity index (χ2n) is 6.49. The molecule has 1 heterocycles. The Balaban J connectivity index is 1.66. The molecule has 142 valence electrons.